The number of rotatable bonds is 5. The number of oxime groups is 1. The molecule has 28 heavy (non-hydrogen) atoms. The van der Waals surface area contributed by atoms with Crippen molar-refractivity contribution < 1.29 is 23.2 Å². The highest BCUT2D eigenvalue weighted by Crippen LogP contribution is 2.21. The summed E-state index contributed by atoms with van der Waals surface area (Å²) in [4.78, 5) is 29.2. The molecule has 0 aliphatic heterocycles. The third-order valence-corrected chi connectivity index (χ3v) is 4.30. The number of nitrogens with one attached hydrogen (secondary N) is 2. The van der Waals surface area contributed by atoms with Crippen molar-refractivity contribution in [3.05, 3.63) is 65.2 Å². The molecule has 1 aliphatic rings. The number of carbonyl (C=O) groups excluding carboxylic acids is 2. The Labute approximate surface area is 160 Å². The number of hydrogen-bond acceptors (Lipinski definition) is 4. The molecule has 2 aromatic rings. The lowest BCUT2D eigenvalue weighted by molar-refractivity contribution is 0.0657. The van der Waals surface area contributed by atoms with Gasteiger partial charge in [0.15, 0.2) is 0 Å². The van der Waals surface area contributed by atoms with Crippen LogP contribution < -0.4 is 10.6 Å². The number of carbonyl (C=O) groups is 2. The van der Waals surface area contributed by atoms with Gasteiger partial charge in [0.2, 0.25) is 0 Å². The molecule has 2 aromatic carbocycles. The summed E-state index contributed by atoms with van der Waals surface area (Å²) in [5, 5.41) is 8.27. The van der Waals surface area contributed by atoms with Gasteiger partial charge in [0.1, 0.15) is 23.3 Å². The lowest BCUT2D eigenvalue weighted by atomic mass is 10.2. The molecule has 0 heterocycles. The molecule has 0 spiro atoms. The van der Waals surface area contributed by atoms with E-state index >= 15 is 0 Å². The van der Waals surface area contributed by atoms with Crippen LogP contribution in [0.1, 0.15) is 41.6 Å². The van der Waals surface area contributed by atoms with Gasteiger partial charge in [-0.3, -0.25) is 10.1 Å². The summed E-state index contributed by atoms with van der Waals surface area (Å²) in [5.41, 5.74) is 0.355. The van der Waals surface area contributed by atoms with E-state index in [4.69, 9.17) is 4.84 Å². The Kier molecular flexibility index (Phi) is 6.31. The highest BCUT2D eigenvalue weighted by Gasteiger charge is 2.19. The van der Waals surface area contributed by atoms with Gasteiger partial charge in [0.05, 0.1) is 6.21 Å². The van der Waals surface area contributed by atoms with E-state index in [0.29, 0.717) is 5.69 Å². The van der Waals surface area contributed by atoms with Crippen LogP contribution in [0.15, 0.2) is 47.6 Å². The first kappa shape index (κ1) is 19.5. The largest absolute Gasteiger partial charge is 0.393 e. The number of hydrogen-bond donors (Lipinski definition) is 2. The van der Waals surface area contributed by atoms with Crippen molar-refractivity contribution in [2.24, 2.45) is 5.16 Å². The monoisotopic (exact) mass is 387 g/mol. The molecule has 0 atom stereocenters. The number of urea groups is 1. The smallest absolute Gasteiger partial charge is 0.326 e. The van der Waals surface area contributed by atoms with E-state index in [0.717, 1.165) is 49.4 Å². The van der Waals surface area contributed by atoms with E-state index in [2.05, 4.69) is 10.5 Å². The zero-order chi connectivity index (χ0) is 19.9. The predicted molar refractivity (Wildman–Crippen MR) is 100 cm³/mol. The van der Waals surface area contributed by atoms with Crippen LogP contribution >= 0.6 is 0 Å². The summed E-state index contributed by atoms with van der Waals surface area (Å²) in [7, 11) is 0. The zero-order valence-corrected chi connectivity index (χ0v) is 15.0. The Morgan fingerprint density at radius 1 is 1.04 bits per heavy atom. The average molecular weight is 387 g/mol. The number of benzene rings is 2. The molecule has 3 rings (SSSR count). The number of nitrogens with zero attached hydrogens (tertiary/aromatic N) is 1. The second-order valence-electron chi connectivity index (χ2n) is 6.37. The van der Waals surface area contributed by atoms with E-state index in [1.807, 2.05) is 5.32 Å². The summed E-state index contributed by atoms with van der Waals surface area (Å²) in [5.74, 6) is -3.26. The molecular weight excluding hydrogens is 368 g/mol. The Balaban J connectivity index is 1.52. The standard InChI is InChI=1S/C20H19F2N3O3/c21-16-6-3-7-17(22)18(16)19(26)25-20(27)24-14-10-8-13(9-11-14)12-23-28-15-4-1-2-5-15/h3,6-12,15H,1-2,4-5H2,(H2,24,25,26,27)/b23-12+. The lowest BCUT2D eigenvalue weighted by Crippen LogP contribution is -2.35. The highest BCUT2D eigenvalue weighted by atomic mass is 19.1. The summed E-state index contributed by atoms with van der Waals surface area (Å²) >= 11 is 0. The Morgan fingerprint density at radius 2 is 1.68 bits per heavy atom. The van der Waals surface area contributed by atoms with Crippen molar-refractivity contribution in [3.8, 4) is 0 Å². The van der Waals surface area contributed by atoms with E-state index in [1.54, 1.807) is 30.5 Å². The van der Waals surface area contributed by atoms with Crippen molar-refractivity contribution in [1.82, 2.24) is 5.32 Å². The van der Waals surface area contributed by atoms with Gasteiger partial charge in [0.25, 0.3) is 5.91 Å². The fourth-order valence-electron chi connectivity index (χ4n) is 2.87. The van der Waals surface area contributed by atoms with Crippen LogP contribution in [0.25, 0.3) is 0 Å². The summed E-state index contributed by atoms with van der Waals surface area (Å²) in [6, 6.07) is 8.71. The fourth-order valence-corrected chi connectivity index (χ4v) is 2.87. The van der Waals surface area contributed by atoms with Gasteiger partial charge in [0, 0.05) is 5.69 Å². The van der Waals surface area contributed by atoms with Crippen LogP contribution in [0.5, 0.6) is 0 Å². The first-order valence-electron chi connectivity index (χ1n) is 8.88. The molecule has 0 bridgehead atoms. The minimum atomic E-state index is -1.17. The zero-order valence-electron chi connectivity index (χ0n) is 15.0. The number of imide groups is 1. The molecule has 146 valence electrons. The van der Waals surface area contributed by atoms with E-state index in [9.17, 15) is 18.4 Å². The first-order valence-corrected chi connectivity index (χ1v) is 8.88. The molecule has 6 nitrogen and oxygen atoms in total. The van der Waals surface area contributed by atoms with Gasteiger partial charge < -0.3 is 10.2 Å². The molecule has 1 aliphatic carbocycles. The molecule has 0 unspecified atom stereocenters. The molecule has 3 amide bonds. The van der Waals surface area contributed by atoms with Gasteiger partial charge in [-0.2, -0.15) is 0 Å². The molecular formula is C20H19F2N3O3. The molecule has 2 N–H and O–H groups in total. The van der Waals surface area contributed by atoms with Crippen LogP contribution in [-0.2, 0) is 4.84 Å². The Morgan fingerprint density at radius 3 is 2.32 bits per heavy atom. The van der Waals surface area contributed by atoms with Crippen LogP contribution in [0.4, 0.5) is 19.3 Å². The van der Waals surface area contributed by atoms with Gasteiger partial charge in [-0.1, -0.05) is 23.4 Å². The Hall–Kier alpha value is -3.29. The van der Waals surface area contributed by atoms with Crippen molar-refractivity contribution >= 4 is 23.8 Å². The van der Waals surface area contributed by atoms with Gasteiger partial charge in [-0.25, -0.2) is 13.6 Å². The maximum atomic E-state index is 13.6. The average Bonchev–Trinajstić information content (AvgIpc) is 3.16. The minimum absolute atomic E-state index is 0.178. The normalized spacial score (nSPS) is 14.2. The summed E-state index contributed by atoms with van der Waals surface area (Å²) in [6.07, 6.45) is 6.11. The summed E-state index contributed by atoms with van der Waals surface area (Å²) < 4.78 is 27.1. The van der Waals surface area contributed by atoms with Gasteiger partial charge in [-0.05, 0) is 55.5 Å². The summed E-state index contributed by atoms with van der Waals surface area (Å²) in [6.45, 7) is 0. The topological polar surface area (TPSA) is 79.8 Å². The lowest BCUT2D eigenvalue weighted by Gasteiger charge is -2.08. The number of anilines is 1. The van der Waals surface area contributed by atoms with Crippen molar-refractivity contribution in [2.45, 2.75) is 31.8 Å². The maximum Gasteiger partial charge on any atom is 0.326 e. The third-order valence-electron chi connectivity index (χ3n) is 4.30. The highest BCUT2D eigenvalue weighted by molar-refractivity contribution is 6.08. The third kappa shape index (κ3) is 5.12. The van der Waals surface area contributed by atoms with E-state index < -0.39 is 29.1 Å². The van der Waals surface area contributed by atoms with Crippen molar-refractivity contribution in [3.63, 3.8) is 0 Å². The number of amides is 3. The van der Waals surface area contributed by atoms with Crippen LogP contribution in [0, 0.1) is 11.6 Å². The van der Waals surface area contributed by atoms with Gasteiger partial charge >= 0.3 is 6.03 Å². The molecule has 1 saturated carbocycles. The second kappa shape index (κ2) is 9.07. The maximum absolute atomic E-state index is 13.6. The van der Waals surface area contributed by atoms with Gasteiger partial charge in [-0.15, -0.1) is 0 Å². The first-order chi connectivity index (χ1) is 13.5. The Bertz CT molecular complexity index is 859. The van der Waals surface area contributed by atoms with Crippen LogP contribution in [0.2, 0.25) is 0 Å². The predicted octanol–water partition coefficient (Wildman–Crippen LogP) is 4.22. The quantitative estimate of drug-likeness (QED) is 0.595. The molecule has 0 saturated heterocycles. The number of halogens is 2. The van der Waals surface area contributed by atoms with Crippen molar-refractivity contribution in [2.75, 3.05) is 5.32 Å². The SMILES string of the molecule is O=C(NC(=O)c1c(F)cccc1F)Nc1ccc(/C=N/OC2CCCC2)cc1. The van der Waals surface area contributed by atoms with Crippen LogP contribution in [-0.4, -0.2) is 24.3 Å². The van der Waals surface area contributed by atoms with E-state index in [1.165, 1.54) is 0 Å². The van der Waals surface area contributed by atoms with Crippen molar-refractivity contribution in [1.29, 1.82) is 0 Å². The molecule has 8 heteroatoms. The molecule has 0 aromatic heterocycles. The fraction of sp³-hybridized carbons (Fsp3) is 0.250. The van der Waals surface area contributed by atoms with E-state index in [-0.39, 0.29) is 6.10 Å². The second-order valence-corrected chi connectivity index (χ2v) is 6.37. The van der Waals surface area contributed by atoms with Crippen LogP contribution in [0.3, 0.4) is 0 Å². The minimum Gasteiger partial charge on any atom is -0.393 e. The molecule has 1 fully saturated rings. The molecule has 0 radical (unpaired) electrons.